The van der Waals surface area contributed by atoms with E-state index in [1.54, 1.807) is 0 Å². The molecule has 3 amide bonds. The first-order chi connectivity index (χ1) is 6.40. The van der Waals surface area contributed by atoms with Crippen LogP contribution in [0, 0.1) is 16.7 Å². The van der Waals surface area contributed by atoms with Crippen LogP contribution in [0.2, 0.25) is 0 Å². The lowest BCUT2D eigenvalue weighted by Gasteiger charge is -2.14. The fraction of sp³-hybridized carbons (Fsp3) is 0.625. The number of nitrogens with one attached hydrogen (secondary N) is 2. The van der Waals surface area contributed by atoms with Crippen LogP contribution >= 0.6 is 0 Å². The molecule has 14 heavy (non-hydrogen) atoms. The molecule has 0 fully saturated rings. The highest BCUT2D eigenvalue weighted by molar-refractivity contribution is 5.84. The van der Waals surface area contributed by atoms with E-state index in [0.29, 0.717) is 0 Å². The minimum atomic E-state index is -1.05. The van der Waals surface area contributed by atoms with Crippen molar-refractivity contribution in [3.8, 4) is 6.07 Å². The summed E-state index contributed by atoms with van der Waals surface area (Å²) in [7, 11) is 0. The Balaban J connectivity index is 3.77. The van der Waals surface area contributed by atoms with Crippen LogP contribution in [0.1, 0.15) is 13.8 Å². The molecule has 0 atom stereocenters. The molecule has 0 aromatic carbocycles. The molecule has 0 aromatic heterocycles. The van der Waals surface area contributed by atoms with E-state index in [2.05, 4.69) is 10.6 Å². The van der Waals surface area contributed by atoms with Gasteiger partial charge in [-0.15, -0.1) is 0 Å². The summed E-state index contributed by atoms with van der Waals surface area (Å²) in [5.41, 5.74) is 3.76. The molecule has 6 nitrogen and oxygen atoms in total. The molecule has 6 heteroatoms. The topological polar surface area (TPSA) is 108 Å². The lowest BCUT2D eigenvalue weighted by molar-refractivity contribution is -0.126. The number of nitrogens with two attached hydrogens (primary N) is 1. The lowest BCUT2D eigenvalue weighted by atomic mass is 9.95. The van der Waals surface area contributed by atoms with Crippen molar-refractivity contribution >= 4 is 11.9 Å². The van der Waals surface area contributed by atoms with Crippen molar-refractivity contribution < 1.29 is 9.59 Å². The van der Waals surface area contributed by atoms with Crippen molar-refractivity contribution in [3.63, 3.8) is 0 Å². The minimum absolute atomic E-state index is 0.253. The zero-order valence-corrected chi connectivity index (χ0v) is 8.26. The summed E-state index contributed by atoms with van der Waals surface area (Å²) in [5.74, 6) is -0.369. The third kappa shape index (κ3) is 4.30. The molecular formula is C8H14N4O2. The van der Waals surface area contributed by atoms with Gasteiger partial charge in [0.2, 0.25) is 5.91 Å². The summed E-state index contributed by atoms with van der Waals surface area (Å²) in [4.78, 5) is 21.5. The second kappa shape index (κ2) is 5.07. The summed E-state index contributed by atoms with van der Waals surface area (Å²) in [6.07, 6.45) is 0. The molecule has 0 aromatic rings. The molecule has 4 N–H and O–H groups in total. The Morgan fingerprint density at radius 3 is 2.29 bits per heavy atom. The van der Waals surface area contributed by atoms with Gasteiger partial charge in [0.25, 0.3) is 0 Å². The Bertz CT molecular complexity index is 267. The normalized spacial score (nSPS) is 10.1. The first kappa shape index (κ1) is 12.2. The Morgan fingerprint density at radius 1 is 1.36 bits per heavy atom. The summed E-state index contributed by atoms with van der Waals surface area (Å²) in [6.45, 7) is 3.54. The maximum atomic E-state index is 11.3. The second-order valence-electron chi connectivity index (χ2n) is 3.28. The number of nitrogens with zero attached hydrogens (tertiary/aromatic N) is 1. The number of carbonyl (C=O) groups is 2. The van der Waals surface area contributed by atoms with E-state index < -0.39 is 11.4 Å². The van der Waals surface area contributed by atoms with Crippen molar-refractivity contribution in [2.45, 2.75) is 13.8 Å². The maximum Gasteiger partial charge on any atom is 0.312 e. The molecule has 0 radical (unpaired) electrons. The van der Waals surface area contributed by atoms with Gasteiger partial charge in [0.05, 0.1) is 6.07 Å². The lowest BCUT2D eigenvalue weighted by Crippen LogP contribution is -2.41. The fourth-order valence-electron chi connectivity index (χ4n) is 0.633. The van der Waals surface area contributed by atoms with Crippen LogP contribution in [0.15, 0.2) is 0 Å². The predicted molar refractivity (Wildman–Crippen MR) is 50.0 cm³/mol. The van der Waals surface area contributed by atoms with E-state index in [4.69, 9.17) is 11.0 Å². The third-order valence-electron chi connectivity index (χ3n) is 1.56. The second-order valence-corrected chi connectivity index (χ2v) is 3.28. The van der Waals surface area contributed by atoms with Crippen molar-refractivity contribution in [2.24, 2.45) is 11.1 Å². The Morgan fingerprint density at radius 2 is 1.86 bits per heavy atom. The number of amides is 3. The van der Waals surface area contributed by atoms with Gasteiger partial charge < -0.3 is 16.4 Å². The van der Waals surface area contributed by atoms with Crippen LogP contribution < -0.4 is 16.4 Å². The van der Waals surface area contributed by atoms with Crippen LogP contribution in [-0.2, 0) is 4.79 Å². The molecule has 0 aliphatic carbocycles. The van der Waals surface area contributed by atoms with Gasteiger partial charge in [-0.05, 0) is 13.8 Å². The van der Waals surface area contributed by atoms with E-state index >= 15 is 0 Å². The number of primary amides is 1. The molecule has 0 saturated carbocycles. The first-order valence-electron chi connectivity index (χ1n) is 4.13. The zero-order chi connectivity index (χ0) is 11.2. The van der Waals surface area contributed by atoms with E-state index in [1.807, 2.05) is 6.07 Å². The van der Waals surface area contributed by atoms with Crippen LogP contribution in [0.4, 0.5) is 4.79 Å². The summed E-state index contributed by atoms with van der Waals surface area (Å²) < 4.78 is 0. The Kier molecular flexibility index (Phi) is 4.43. The molecule has 0 heterocycles. The molecule has 0 saturated heterocycles. The number of nitriles is 1. The summed E-state index contributed by atoms with van der Waals surface area (Å²) >= 11 is 0. The standard InChI is InChI=1S/C8H14N4O2/c1-8(2,5-9)6(13)11-3-4-12-7(10)14/h3-4H2,1-2H3,(H,11,13)(H3,10,12,14). The minimum Gasteiger partial charge on any atom is -0.353 e. The molecule has 0 aliphatic heterocycles. The monoisotopic (exact) mass is 198 g/mol. The van der Waals surface area contributed by atoms with Crippen molar-refractivity contribution in [3.05, 3.63) is 0 Å². The third-order valence-corrected chi connectivity index (χ3v) is 1.56. The number of rotatable bonds is 4. The van der Waals surface area contributed by atoms with Gasteiger partial charge in [0.15, 0.2) is 0 Å². The van der Waals surface area contributed by atoms with Gasteiger partial charge >= 0.3 is 6.03 Å². The van der Waals surface area contributed by atoms with E-state index in [1.165, 1.54) is 13.8 Å². The number of urea groups is 1. The quantitative estimate of drug-likeness (QED) is 0.521. The van der Waals surface area contributed by atoms with Crippen molar-refractivity contribution in [2.75, 3.05) is 13.1 Å². The number of hydrogen-bond donors (Lipinski definition) is 3. The van der Waals surface area contributed by atoms with E-state index in [9.17, 15) is 9.59 Å². The smallest absolute Gasteiger partial charge is 0.312 e. The van der Waals surface area contributed by atoms with E-state index in [0.717, 1.165) is 0 Å². The van der Waals surface area contributed by atoms with E-state index in [-0.39, 0.29) is 19.0 Å². The largest absolute Gasteiger partial charge is 0.353 e. The van der Waals surface area contributed by atoms with Crippen LogP contribution in [0.25, 0.3) is 0 Å². The average molecular weight is 198 g/mol. The van der Waals surface area contributed by atoms with Gasteiger partial charge in [0, 0.05) is 13.1 Å². The highest BCUT2D eigenvalue weighted by Gasteiger charge is 2.26. The van der Waals surface area contributed by atoms with Gasteiger partial charge in [-0.2, -0.15) is 5.26 Å². The zero-order valence-electron chi connectivity index (χ0n) is 8.26. The van der Waals surface area contributed by atoms with Crippen LogP contribution in [0.3, 0.4) is 0 Å². The molecule has 0 spiro atoms. The highest BCUT2D eigenvalue weighted by Crippen LogP contribution is 2.11. The van der Waals surface area contributed by atoms with Crippen LogP contribution in [-0.4, -0.2) is 25.0 Å². The molecule has 0 rings (SSSR count). The summed E-state index contributed by atoms with van der Waals surface area (Å²) in [6, 6.07) is 1.23. The Hall–Kier alpha value is -1.77. The molecule has 0 unspecified atom stereocenters. The van der Waals surface area contributed by atoms with Gasteiger partial charge in [0.1, 0.15) is 5.41 Å². The predicted octanol–water partition coefficient (Wildman–Crippen LogP) is -0.679. The molecule has 0 bridgehead atoms. The molecular weight excluding hydrogens is 184 g/mol. The Labute approximate surface area is 82.4 Å². The number of hydrogen-bond acceptors (Lipinski definition) is 3. The first-order valence-corrected chi connectivity index (χ1v) is 4.13. The van der Waals surface area contributed by atoms with Gasteiger partial charge in [-0.25, -0.2) is 4.79 Å². The fourth-order valence-corrected chi connectivity index (χ4v) is 0.633. The highest BCUT2D eigenvalue weighted by atomic mass is 16.2. The summed E-state index contributed by atoms with van der Waals surface area (Å²) in [5, 5.41) is 13.4. The SMILES string of the molecule is CC(C)(C#N)C(=O)NCCNC(N)=O. The average Bonchev–Trinajstić information content (AvgIpc) is 2.11. The number of carbonyl (C=O) groups excluding carboxylic acids is 2. The molecule has 0 aliphatic rings. The van der Waals surface area contributed by atoms with Gasteiger partial charge in [-0.1, -0.05) is 0 Å². The van der Waals surface area contributed by atoms with Crippen LogP contribution in [0.5, 0.6) is 0 Å². The van der Waals surface area contributed by atoms with Crippen molar-refractivity contribution in [1.82, 2.24) is 10.6 Å². The maximum absolute atomic E-state index is 11.3. The molecule has 78 valence electrons. The van der Waals surface area contributed by atoms with Crippen molar-refractivity contribution in [1.29, 1.82) is 5.26 Å². The van der Waals surface area contributed by atoms with Gasteiger partial charge in [-0.3, -0.25) is 4.79 Å².